The fourth-order valence-corrected chi connectivity index (χ4v) is 3.56. The van der Waals surface area contributed by atoms with E-state index in [2.05, 4.69) is 15.9 Å². The molecule has 5 heteroatoms. The maximum absolute atomic E-state index is 11.3. The third-order valence-electron chi connectivity index (χ3n) is 2.93. The van der Waals surface area contributed by atoms with E-state index in [9.17, 15) is 8.42 Å². The number of hydrogen-bond acceptors (Lipinski definition) is 3. The number of rotatable bonds is 2. The Hall–Kier alpha value is -0.550. The van der Waals surface area contributed by atoms with Crippen molar-refractivity contribution in [2.45, 2.75) is 25.9 Å². The van der Waals surface area contributed by atoms with Crippen molar-refractivity contribution in [1.82, 2.24) is 0 Å². The first-order chi connectivity index (χ1) is 7.96. The zero-order valence-corrected chi connectivity index (χ0v) is 12.1. The van der Waals surface area contributed by atoms with E-state index in [1.807, 2.05) is 25.1 Å². The van der Waals surface area contributed by atoms with Crippen LogP contribution in [-0.4, -0.2) is 26.0 Å². The molecule has 0 spiro atoms. The molecule has 0 bridgehead atoms. The van der Waals surface area contributed by atoms with Crippen molar-refractivity contribution in [2.75, 3.05) is 11.5 Å². The lowest BCUT2D eigenvalue weighted by Crippen LogP contribution is -2.30. The maximum Gasteiger partial charge on any atom is 0.150 e. The number of benzene rings is 1. The van der Waals surface area contributed by atoms with E-state index < -0.39 is 9.84 Å². The second-order valence-corrected chi connectivity index (χ2v) is 7.54. The van der Waals surface area contributed by atoms with Gasteiger partial charge in [0.15, 0.2) is 9.84 Å². The minimum absolute atomic E-state index is 0.0269. The molecule has 0 radical (unpaired) electrons. The Balaban J connectivity index is 2.00. The van der Waals surface area contributed by atoms with Crippen molar-refractivity contribution < 1.29 is 13.2 Å². The Morgan fingerprint density at radius 2 is 1.94 bits per heavy atom. The molecule has 1 aromatic rings. The third-order valence-corrected chi connectivity index (χ3v) is 5.54. The first kappa shape index (κ1) is 12.9. The van der Waals surface area contributed by atoms with Gasteiger partial charge in [0.05, 0.1) is 11.5 Å². The van der Waals surface area contributed by atoms with Gasteiger partial charge in [-0.25, -0.2) is 8.42 Å². The summed E-state index contributed by atoms with van der Waals surface area (Å²) in [4.78, 5) is 0. The minimum Gasteiger partial charge on any atom is -0.490 e. The van der Waals surface area contributed by atoms with Gasteiger partial charge in [-0.1, -0.05) is 15.9 Å². The highest BCUT2D eigenvalue weighted by Crippen LogP contribution is 2.24. The van der Waals surface area contributed by atoms with E-state index in [-0.39, 0.29) is 17.6 Å². The topological polar surface area (TPSA) is 43.4 Å². The molecule has 1 heterocycles. The lowest BCUT2D eigenvalue weighted by Gasteiger charge is -2.23. The molecule has 1 aromatic carbocycles. The maximum atomic E-state index is 11.3. The molecule has 0 N–H and O–H groups in total. The molecule has 0 unspecified atom stereocenters. The quantitative estimate of drug-likeness (QED) is 0.842. The fraction of sp³-hybridized carbons (Fsp3) is 0.500. The van der Waals surface area contributed by atoms with Gasteiger partial charge >= 0.3 is 0 Å². The molecule has 0 aromatic heterocycles. The van der Waals surface area contributed by atoms with E-state index in [0.717, 1.165) is 15.8 Å². The van der Waals surface area contributed by atoms with Gasteiger partial charge in [-0.3, -0.25) is 0 Å². The monoisotopic (exact) mass is 318 g/mol. The lowest BCUT2D eigenvalue weighted by molar-refractivity contribution is 0.189. The number of ether oxygens (including phenoxy) is 1. The summed E-state index contributed by atoms with van der Waals surface area (Å²) in [7, 11) is -2.81. The van der Waals surface area contributed by atoms with Crippen LogP contribution in [0.3, 0.4) is 0 Å². The van der Waals surface area contributed by atoms with Gasteiger partial charge in [0.2, 0.25) is 0 Å². The predicted octanol–water partition coefficient (Wildman–Crippen LogP) is 2.71. The summed E-state index contributed by atoms with van der Waals surface area (Å²) in [5.41, 5.74) is 1.12. The van der Waals surface area contributed by atoms with Crippen LogP contribution in [0.5, 0.6) is 5.75 Å². The molecule has 0 aliphatic carbocycles. The second kappa shape index (κ2) is 4.98. The smallest absolute Gasteiger partial charge is 0.150 e. The highest BCUT2D eigenvalue weighted by atomic mass is 79.9. The summed E-state index contributed by atoms with van der Waals surface area (Å²) >= 11 is 3.43. The molecule has 94 valence electrons. The van der Waals surface area contributed by atoms with Crippen LogP contribution in [0, 0.1) is 6.92 Å². The molecule has 0 saturated carbocycles. The minimum atomic E-state index is -2.81. The van der Waals surface area contributed by atoms with Crippen LogP contribution in [0.2, 0.25) is 0 Å². The predicted molar refractivity (Wildman–Crippen MR) is 71.2 cm³/mol. The SMILES string of the molecule is Cc1cc(OC2CCS(=O)(=O)CC2)ccc1Br. The first-order valence-corrected chi connectivity index (χ1v) is 8.21. The summed E-state index contributed by atoms with van der Waals surface area (Å²) < 4.78 is 29.4. The number of aryl methyl sites for hydroxylation is 1. The molecule has 1 aliphatic heterocycles. The molecule has 2 rings (SSSR count). The van der Waals surface area contributed by atoms with Gasteiger partial charge in [-0.05, 0) is 43.5 Å². The molecule has 0 amide bonds. The van der Waals surface area contributed by atoms with E-state index in [1.165, 1.54) is 0 Å². The molecule has 17 heavy (non-hydrogen) atoms. The van der Waals surface area contributed by atoms with Gasteiger partial charge in [0.1, 0.15) is 11.9 Å². The fourth-order valence-electron chi connectivity index (χ4n) is 1.87. The van der Waals surface area contributed by atoms with Crippen molar-refractivity contribution >= 4 is 25.8 Å². The van der Waals surface area contributed by atoms with Gasteiger partial charge < -0.3 is 4.74 Å². The van der Waals surface area contributed by atoms with Gasteiger partial charge in [-0.2, -0.15) is 0 Å². The molecule has 1 aliphatic rings. The summed E-state index contributed by atoms with van der Waals surface area (Å²) in [5.74, 6) is 1.30. The Bertz CT molecular complexity index is 496. The summed E-state index contributed by atoms with van der Waals surface area (Å²) in [6.07, 6.45) is 1.22. The van der Waals surface area contributed by atoms with Crippen molar-refractivity contribution in [3.63, 3.8) is 0 Å². The average Bonchev–Trinajstić information content (AvgIpc) is 2.27. The summed E-state index contributed by atoms with van der Waals surface area (Å²) in [6, 6.07) is 5.82. The molecule has 1 fully saturated rings. The highest BCUT2D eigenvalue weighted by molar-refractivity contribution is 9.10. The zero-order valence-electron chi connectivity index (χ0n) is 9.65. The number of hydrogen-bond donors (Lipinski definition) is 0. The lowest BCUT2D eigenvalue weighted by atomic mass is 10.2. The van der Waals surface area contributed by atoms with Gasteiger partial charge in [0, 0.05) is 4.47 Å². The van der Waals surface area contributed by atoms with Crippen LogP contribution in [0.1, 0.15) is 18.4 Å². The number of halogens is 1. The van der Waals surface area contributed by atoms with Crippen LogP contribution < -0.4 is 4.74 Å². The molecule has 1 saturated heterocycles. The van der Waals surface area contributed by atoms with Gasteiger partial charge in [0.25, 0.3) is 0 Å². The summed E-state index contributed by atoms with van der Waals surface area (Å²) in [5, 5.41) is 0. The third kappa shape index (κ3) is 3.45. The van der Waals surface area contributed by atoms with E-state index in [1.54, 1.807) is 0 Å². The molecule has 0 atom stereocenters. The van der Waals surface area contributed by atoms with E-state index in [4.69, 9.17) is 4.74 Å². The van der Waals surface area contributed by atoms with Crippen molar-refractivity contribution in [1.29, 1.82) is 0 Å². The van der Waals surface area contributed by atoms with Crippen LogP contribution in [-0.2, 0) is 9.84 Å². The Morgan fingerprint density at radius 3 is 2.53 bits per heavy atom. The average molecular weight is 319 g/mol. The van der Waals surface area contributed by atoms with Crippen molar-refractivity contribution in [3.8, 4) is 5.75 Å². The standard InChI is InChI=1S/C12H15BrO3S/c1-9-8-11(2-3-12(9)13)16-10-4-6-17(14,15)7-5-10/h2-3,8,10H,4-7H2,1H3. The largest absolute Gasteiger partial charge is 0.490 e. The highest BCUT2D eigenvalue weighted by Gasteiger charge is 2.24. The van der Waals surface area contributed by atoms with E-state index in [0.29, 0.717) is 12.8 Å². The van der Waals surface area contributed by atoms with Crippen molar-refractivity contribution in [2.24, 2.45) is 0 Å². The van der Waals surface area contributed by atoms with Crippen LogP contribution in [0.25, 0.3) is 0 Å². The van der Waals surface area contributed by atoms with Crippen LogP contribution in [0.15, 0.2) is 22.7 Å². The molecular formula is C12H15BrO3S. The van der Waals surface area contributed by atoms with Crippen LogP contribution >= 0.6 is 15.9 Å². The number of sulfone groups is 1. The summed E-state index contributed by atoms with van der Waals surface area (Å²) in [6.45, 7) is 2.00. The zero-order chi connectivity index (χ0) is 12.5. The molecule has 3 nitrogen and oxygen atoms in total. The van der Waals surface area contributed by atoms with Crippen LogP contribution in [0.4, 0.5) is 0 Å². The Morgan fingerprint density at radius 1 is 1.29 bits per heavy atom. The first-order valence-electron chi connectivity index (χ1n) is 5.59. The normalized spacial score (nSPS) is 20.1. The van der Waals surface area contributed by atoms with Gasteiger partial charge in [-0.15, -0.1) is 0 Å². The molecular weight excluding hydrogens is 304 g/mol. The van der Waals surface area contributed by atoms with E-state index >= 15 is 0 Å². The Kier molecular flexibility index (Phi) is 3.78. The van der Waals surface area contributed by atoms with Crippen molar-refractivity contribution in [3.05, 3.63) is 28.2 Å². The Labute approximate surface area is 110 Å². The second-order valence-electron chi connectivity index (χ2n) is 4.38.